The molecule has 0 spiro atoms. The monoisotopic (exact) mass is 287 g/mol. The van der Waals surface area contributed by atoms with Crippen molar-refractivity contribution in [3.05, 3.63) is 12.7 Å². The summed E-state index contributed by atoms with van der Waals surface area (Å²) in [5.41, 5.74) is -1.82. The van der Waals surface area contributed by atoms with E-state index >= 15 is 0 Å². The number of aliphatic hydroxyl groups excluding tert-OH is 1. The second-order valence-corrected chi connectivity index (χ2v) is 6.19. The Labute approximate surface area is 120 Å². The normalized spacial score (nSPS) is 27.9. The van der Waals surface area contributed by atoms with Crippen LogP contribution in [0.3, 0.4) is 0 Å². The highest BCUT2D eigenvalue weighted by Gasteiger charge is 2.37. The molecule has 1 rings (SSSR count). The van der Waals surface area contributed by atoms with E-state index in [0.717, 1.165) is 0 Å². The molecule has 0 bridgehead atoms. The first-order valence-corrected chi connectivity index (χ1v) is 6.73. The van der Waals surface area contributed by atoms with Crippen LogP contribution < -0.4 is 0 Å². The van der Waals surface area contributed by atoms with Gasteiger partial charge in [-0.25, -0.2) is 4.79 Å². The van der Waals surface area contributed by atoms with Crippen LogP contribution in [0.1, 0.15) is 27.2 Å². The molecule has 1 aliphatic rings. The number of carbonyl (C=O) groups is 1. The van der Waals surface area contributed by atoms with E-state index in [-0.39, 0.29) is 26.3 Å². The van der Waals surface area contributed by atoms with Crippen LogP contribution in [0.25, 0.3) is 0 Å². The van der Waals surface area contributed by atoms with E-state index in [4.69, 9.17) is 9.47 Å². The molecule has 20 heavy (non-hydrogen) atoms. The van der Waals surface area contributed by atoms with Crippen LogP contribution in [0.4, 0.5) is 4.79 Å². The fourth-order valence-electron chi connectivity index (χ4n) is 2.01. The molecule has 0 aromatic heterocycles. The van der Waals surface area contributed by atoms with Crippen LogP contribution >= 0.6 is 0 Å². The Morgan fingerprint density at radius 2 is 2.25 bits per heavy atom. The lowest BCUT2D eigenvalue weighted by Gasteiger charge is -2.31. The first-order valence-electron chi connectivity index (χ1n) is 6.73. The molecule has 0 aromatic rings. The zero-order valence-electron chi connectivity index (χ0n) is 12.5. The van der Waals surface area contributed by atoms with Gasteiger partial charge in [-0.15, -0.1) is 6.58 Å². The smallest absolute Gasteiger partial charge is 0.410 e. The second kappa shape index (κ2) is 6.56. The summed E-state index contributed by atoms with van der Waals surface area (Å²) in [7, 11) is 0. The van der Waals surface area contributed by atoms with Gasteiger partial charge in [0.2, 0.25) is 0 Å². The van der Waals surface area contributed by atoms with Crippen molar-refractivity contribution >= 4 is 6.09 Å². The number of hydrogen-bond acceptors (Lipinski definition) is 5. The Kier molecular flexibility index (Phi) is 5.56. The topological polar surface area (TPSA) is 79.2 Å². The van der Waals surface area contributed by atoms with E-state index in [1.165, 1.54) is 4.90 Å². The van der Waals surface area contributed by atoms with Gasteiger partial charge in [0.05, 0.1) is 32.4 Å². The van der Waals surface area contributed by atoms with Gasteiger partial charge in [-0.05, 0) is 27.2 Å². The van der Waals surface area contributed by atoms with Crippen molar-refractivity contribution < 1.29 is 24.5 Å². The maximum Gasteiger partial charge on any atom is 0.410 e. The van der Waals surface area contributed by atoms with Crippen LogP contribution in [-0.2, 0) is 9.47 Å². The number of amides is 1. The summed E-state index contributed by atoms with van der Waals surface area (Å²) >= 11 is 0. The quantitative estimate of drug-likeness (QED) is 0.755. The van der Waals surface area contributed by atoms with Crippen molar-refractivity contribution in [1.29, 1.82) is 0 Å². The molecule has 2 N–H and O–H groups in total. The maximum absolute atomic E-state index is 12.1. The maximum atomic E-state index is 12.1. The summed E-state index contributed by atoms with van der Waals surface area (Å²) in [6.45, 7) is 9.03. The van der Waals surface area contributed by atoms with Gasteiger partial charge in [0.25, 0.3) is 0 Å². The lowest BCUT2D eigenvalue weighted by molar-refractivity contribution is -0.0620. The van der Waals surface area contributed by atoms with Gasteiger partial charge in [0.15, 0.2) is 0 Å². The molecule has 1 amide bonds. The van der Waals surface area contributed by atoms with Gasteiger partial charge in [-0.1, -0.05) is 6.08 Å². The summed E-state index contributed by atoms with van der Waals surface area (Å²) in [5.74, 6) is 0. The Hall–Kier alpha value is -1.11. The Morgan fingerprint density at radius 3 is 2.75 bits per heavy atom. The molecule has 2 atom stereocenters. The average molecular weight is 287 g/mol. The highest BCUT2D eigenvalue weighted by atomic mass is 16.6. The minimum atomic E-state index is -1.21. The highest BCUT2D eigenvalue weighted by molar-refractivity contribution is 5.68. The molecule has 116 valence electrons. The molecule has 0 radical (unpaired) electrons. The van der Waals surface area contributed by atoms with E-state index in [9.17, 15) is 15.0 Å². The Morgan fingerprint density at radius 1 is 1.60 bits per heavy atom. The summed E-state index contributed by atoms with van der Waals surface area (Å²) < 4.78 is 10.7. The third-order valence-electron chi connectivity index (χ3n) is 2.88. The van der Waals surface area contributed by atoms with Crippen molar-refractivity contribution in [1.82, 2.24) is 4.90 Å². The summed E-state index contributed by atoms with van der Waals surface area (Å²) in [6, 6.07) is 0. The van der Waals surface area contributed by atoms with Crippen LogP contribution in [0.5, 0.6) is 0 Å². The summed E-state index contributed by atoms with van der Waals surface area (Å²) in [6.07, 6.45) is 0.825. The van der Waals surface area contributed by atoms with Crippen molar-refractivity contribution in [2.45, 2.75) is 44.5 Å². The van der Waals surface area contributed by atoms with Gasteiger partial charge >= 0.3 is 6.09 Å². The van der Waals surface area contributed by atoms with E-state index in [2.05, 4.69) is 6.58 Å². The second-order valence-electron chi connectivity index (χ2n) is 6.19. The fraction of sp³-hybridized carbons (Fsp3) is 0.786. The SMILES string of the molecule is C=CC[C@]1(O)CO[C@H](CO)CN(C(=O)OC(C)(C)C)C1. The zero-order chi connectivity index (χ0) is 15.4. The van der Waals surface area contributed by atoms with Crippen molar-refractivity contribution in [2.75, 3.05) is 26.3 Å². The van der Waals surface area contributed by atoms with E-state index in [1.807, 2.05) is 0 Å². The molecule has 0 unspecified atom stereocenters. The van der Waals surface area contributed by atoms with E-state index in [0.29, 0.717) is 6.42 Å². The lowest BCUT2D eigenvalue weighted by atomic mass is 10.0. The highest BCUT2D eigenvalue weighted by Crippen LogP contribution is 2.21. The Bertz CT molecular complexity index is 352. The lowest BCUT2D eigenvalue weighted by Crippen LogP contribution is -2.48. The summed E-state index contributed by atoms with van der Waals surface area (Å²) in [4.78, 5) is 13.5. The molecule has 6 nitrogen and oxygen atoms in total. The third-order valence-corrected chi connectivity index (χ3v) is 2.88. The predicted octanol–water partition coefficient (Wildman–Crippen LogP) is 0.922. The van der Waals surface area contributed by atoms with E-state index in [1.54, 1.807) is 26.8 Å². The standard InChI is InChI=1S/C14H25NO5/c1-5-6-14(18)9-15(7-11(8-16)19-10-14)12(17)20-13(2,3)4/h5,11,16,18H,1,6-10H2,2-4H3/t11-,14+/m0/s1. The molecular formula is C14H25NO5. The van der Waals surface area contributed by atoms with Crippen molar-refractivity contribution in [2.24, 2.45) is 0 Å². The number of ether oxygens (including phenoxy) is 2. The molecule has 0 aliphatic carbocycles. The first-order chi connectivity index (χ1) is 9.19. The van der Waals surface area contributed by atoms with Crippen LogP contribution in [0.2, 0.25) is 0 Å². The Balaban J connectivity index is 2.84. The van der Waals surface area contributed by atoms with Gasteiger partial charge in [-0.3, -0.25) is 0 Å². The summed E-state index contributed by atoms with van der Waals surface area (Å²) in [5, 5.41) is 19.7. The fourth-order valence-corrected chi connectivity index (χ4v) is 2.01. The van der Waals surface area contributed by atoms with Gasteiger partial charge in [-0.2, -0.15) is 0 Å². The molecule has 0 saturated carbocycles. The zero-order valence-corrected chi connectivity index (χ0v) is 12.5. The van der Waals surface area contributed by atoms with Crippen LogP contribution in [-0.4, -0.2) is 64.8 Å². The predicted molar refractivity (Wildman–Crippen MR) is 74.4 cm³/mol. The average Bonchev–Trinajstić information content (AvgIpc) is 2.47. The third kappa shape index (κ3) is 5.11. The number of hydrogen-bond donors (Lipinski definition) is 2. The minimum Gasteiger partial charge on any atom is -0.444 e. The van der Waals surface area contributed by atoms with E-state index < -0.39 is 23.4 Å². The number of rotatable bonds is 3. The molecule has 1 heterocycles. The molecule has 0 aromatic carbocycles. The van der Waals surface area contributed by atoms with Gasteiger partial charge < -0.3 is 24.6 Å². The number of β-amino-alcohol motifs (C(OH)–C–C–N with tert-alkyl or cyclic N) is 1. The molecular weight excluding hydrogens is 262 g/mol. The van der Waals surface area contributed by atoms with Crippen LogP contribution in [0.15, 0.2) is 12.7 Å². The largest absolute Gasteiger partial charge is 0.444 e. The van der Waals surface area contributed by atoms with Crippen LogP contribution in [0, 0.1) is 0 Å². The van der Waals surface area contributed by atoms with Crippen molar-refractivity contribution in [3.8, 4) is 0 Å². The molecule has 1 fully saturated rings. The molecule has 1 aliphatic heterocycles. The first kappa shape index (κ1) is 16.9. The van der Waals surface area contributed by atoms with Crippen molar-refractivity contribution in [3.63, 3.8) is 0 Å². The minimum absolute atomic E-state index is 0.0452. The number of nitrogens with zero attached hydrogens (tertiary/aromatic N) is 1. The number of aliphatic hydroxyl groups is 2. The van der Waals surface area contributed by atoms with Gasteiger partial charge in [0.1, 0.15) is 11.2 Å². The molecule has 1 saturated heterocycles. The van der Waals surface area contributed by atoms with Gasteiger partial charge in [0, 0.05) is 0 Å². The molecule has 6 heteroatoms. The number of carbonyl (C=O) groups excluding carboxylic acids is 1.